The summed E-state index contributed by atoms with van der Waals surface area (Å²) in [5.74, 6) is 1.33. The summed E-state index contributed by atoms with van der Waals surface area (Å²) in [6, 6.07) is 5.44. The fourth-order valence-corrected chi connectivity index (χ4v) is 2.11. The third kappa shape index (κ3) is 4.27. The van der Waals surface area contributed by atoms with Gasteiger partial charge in [0.05, 0.1) is 5.69 Å². The van der Waals surface area contributed by atoms with Gasteiger partial charge in [-0.2, -0.15) is 0 Å². The van der Waals surface area contributed by atoms with E-state index < -0.39 is 5.60 Å². The number of carbonyl (C=O) groups is 1. The molecule has 0 radical (unpaired) electrons. The monoisotopic (exact) mass is 308 g/mol. The molecule has 0 aromatic heterocycles. The zero-order valence-electron chi connectivity index (χ0n) is 13.4. The zero-order chi connectivity index (χ0) is 16.2. The van der Waals surface area contributed by atoms with Crippen molar-refractivity contribution in [3.8, 4) is 11.5 Å². The number of hydrogen-bond acceptors (Lipinski definition) is 5. The average Bonchev–Trinajstić information content (AvgIpc) is 2.88. The fraction of sp³-hybridized carbons (Fsp3) is 0.562. The highest BCUT2D eigenvalue weighted by molar-refractivity contribution is 5.88. The van der Waals surface area contributed by atoms with Gasteiger partial charge < -0.3 is 19.9 Å². The number of unbranched alkanes of at least 4 members (excludes halogenated alkanes) is 1. The number of nitrogens with zero attached hydrogens (tertiary/aromatic N) is 1. The molecule has 1 aliphatic heterocycles. The van der Waals surface area contributed by atoms with E-state index in [1.807, 2.05) is 26.8 Å². The van der Waals surface area contributed by atoms with Crippen LogP contribution in [0.25, 0.3) is 0 Å². The number of carbonyl (C=O) groups excluding carboxylic acids is 1. The van der Waals surface area contributed by atoms with Gasteiger partial charge in [-0.25, -0.2) is 4.79 Å². The molecule has 1 aromatic carbocycles. The van der Waals surface area contributed by atoms with Crippen LogP contribution in [0.5, 0.6) is 11.5 Å². The van der Waals surface area contributed by atoms with Crippen molar-refractivity contribution in [2.24, 2.45) is 5.73 Å². The van der Waals surface area contributed by atoms with E-state index in [0.717, 1.165) is 18.5 Å². The van der Waals surface area contributed by atoms with E-state index in [4.69, 9.17) is 19.9 Å². The maximum atomic E-state index is 12.5. The predicted octanol–water partition coefficient (Wildman–Crippen LogP) is 2.90. The van der Waals surface area contributed by atoms with Crippen molar-refractivity contribution in [1.29, 1.82) is 0 Å². The smallest absolute Gasteiger partial charge is 0.414 e. The van der Waals surface area contributed by atoms with Crippen LogP contribution in [-0.2, 0) is 4.74 Å². The molecular weight excluding hydrogens is 284 g/mol. The molecule has 0 saturated heterocycles. The molecule has 1 aromatic rings. The van der Waals surface area contributed by atoms with E-state index in [9.17, 15) is 4.79 Å². The van der Waals surface area contributed by atoms with Crippen molar-refractivity contribution >= 4 is 11.8 Å². The quantitative estimate of drug-likeness (QED) is 0.847. The number of amides is 1. The minimum atomic E-state index is -0.542. The first-order valence-electron chi connectivity index (χ1n) is 7.51. The second-order valence-corrected chi connectivity index (χ2v) is 6.17. The number of benzene rings is 1. The molecule has 0 bridgehead atoms. The standard InChI is InChI=1S/C16H24N2O4/c1-16(2,3)22-15(19)18(9-5-4-8-17)12-6-7-13-14(10-12)21-11-20-13/h6-7,10H,4-5,8-9,11,17H2,1-3H3. The molecule has 1 heterocycles. The first kappa shape index (κ1) is 16.4. The number of nitrogens with two attached hydrogens (primary N) is 1. The van der Waals surface area contributed by atoms with Crippen LogP contribution in [0.3, 0.4) is 0 Å². The fourth-order valence-electron chi connectivity index (χ4n) is 2.11. The largest absolute Gasteiger partial charge is 0.454 e. The number of fused-ring (bicyclic) bond motifs is 1. The van der Waals surface area contributed by atoms with Crippen LogP contribution in [0.2, 0.25) is 0 Å². The van der Waals surface area contributed by atoms with E-state index in [2.05, 4.69) is 0 Å². The summed E-state index contributed by atoms with van der Waals surface area (Å²) < 4.78 is 16.2. The van der Waals surface area contributed by atoms with Gasteiger partial charge in [0.25, 0.3) is 0 Å². The van der Waals surface area contributed by atoms with Crippen LogP contribution < -0.4 is 20.1 Å². The van der Waals surface area contributed by atoms with E-state index in [0.29, 0.717) is 24.6 Å². The Bertz CT molecular complexity index is 525. The lowest BCUT2D eigenvalue weighted by molar-refractivity contribution is 0.0580. The van der Waals surface area contributed by atoms with Crippen molar-refractivity contribution in [3.05, 3.63) is 18.2 Å². The normalized spacial score (nSPS) is 13.1. The minimum absolute atomic E-state index is 0.207. The molecule has 0 aliphatic carbocycles. The highest BCUT2D eigenvalue weighted by Gasteiger charge is 2.24. The van der Waals surface area contributed by atoms with Gasteiger partial charge in [0.1, 0.15) is 5.60 Å². The molecule has 2 N–H and O–H groups in total. The molecule has 0 fully saturated rings. The van der Waals surface area contributed by atoms with Crippen molar-refractivity contribution in [2.45, 2.75) is 39.2 Å². The van der Waals surface area contributed by atoms with Crippen LogP contribution in [0.15, 0.2) is 18.2 Å². The summed E-state index contributed by atoms with van der Waals surface area (Å²) in [7, 11) is 0. The third-order valence-electron chi connectivity index (χ3n) is 3.12. The molecule has 0 saturated carbocycles. The van der Waals surface area contributed by atoms with Gasteiger partial charge in [-0.15, -0.1) is 0 Å². The Labute approximate surface area is 131 Å². The van der Waals surface area contributed by atoms with Crippen molar-refractivity contribution in [2.75, 3.05) is 24.8 Å². The first-order valence-corrected chi connectivity index (χ1v) is 7.51. The molecule has 1 aliphatic rings. The Balaban J connectivity index is 2.17. The van der Waals surface area contributed by atoms with Gasteiger partial charge in [0, 0.05) is 12.6 Å². The SMILES string of the molecule is CC(C)(C)OC(=O)N(CCCCN)c1ccc2c(c1)OCO2. The van der Waals surface area contributed by atoms with Gasteiger partial charge in [0.15, 0.2) is 11.5 Å². The summed E-state index contributed by atoms with van der Waals surface area (Å²) >= 11 is 0. The molecule has 0 atom stereocenters. The Kier molecular flexibility index (Phi) is 5.13. The average molecular weight is 308 g/mol. The number of rotatable bonds is 5. The second kappa shape index (κ2) is 6.87. The number of anilines is 1. The topological polar surface area (TPSA) is 74.0 Å². The first-order chi connectivity index (χ1) is 10.4. The summed E-state index contributed by atoms with van der Waals surface area (Å²) in [4.78, 5) is 14.1. The Morgan fingerprint density at radius 1 is 1.27 bits per heavy atom. The Hall–Kier alpha value is -1.95. The van der Waals surface area contributed by atoms with E-state index in [1.54, 1.807) is 17.0 Å². The third-order valence-corrected chi connectivity index (χ3v) is 3.12. The lowest BCUT2D eigenvalue weighted by Crippen LogP contribution is -2.37. The van der Waals surface area contributed by atoms with Crippen LogP contribution in [0.4, 0.5) is 10.5 Å². The Morgan fingerprint density at radius 3 is 2.68 bits per heavy atom. The van der Waals surface area contributed by atoms with Crippen LogP contribution in [0.1, 0.15) is 33.6 Å². The molecule has 1 amide bonds. The van der Waals surface area contributed by atoms with Gasteiger partial charge in [-0.1, -0.05) is 0 Å². The number of hydrogen-bond donors (Lipinski definition) is 1. The molecule has 0 unspecified atom stereocenters. The van der Waals surface area contributed by atoms with Gasteiger partial charge in [0.2, 0.25) is 6.79 Å². The minimum Gasteiger partial charge on any atom is -0.454 e. The maximum Gasteiger partial charge on any atom is 0.414 e. The van der Waals surface area contributed by atoms with Crippen molar-refractivity contribution < 1.29 is 19.0 Å². The van der Waals surface area contributed by atoms with Crippen molar-refractivity contribution in [3.63, 3.8) is 0 Å². The number of ether oxygens (including phenoxy) is 3. The van der Waals surface area contributed by atoms with Crippen molar-refractivity contribution in [1.82, 2.24) is 0 Å². The van der Waals surface area contributed by atoms with Gasteiger partial charge >= 0.3 is 6.09 Å². The molecule has 0 spiro atoms. The zero-order valence-corrected chi connectivity index (χ0v) is 13.4. The maximum absolute atomic E-state index is 12.5. The molecule has 22 heavy (non-hydrogen) atoms. The lowest BCUT2D eigenvalue weighted by atomic mass is 10.2. The molecular formula is C16H24N2O4. The molecule has 6 nitrogen and oxygen atoms in total. The lowest BCUT2D eigenvalue weighted by Gasteiger charge is -2.27. The highest BCUT2D eigenvalue weighted by atomic mass is 16.7. The molecule has 6 heteroatoms. The van der Waals surface area contributed by atoms with Crippen LogP contribution >= 0.6 is 0 Å². The predicted molar refractivity (Wildman–Crippen MR) is 84.4 cm³/mol. The van der Waals surface area contributed by atoms with Gasteiger partial charge in [-0.05, 0) is 52.3 Å². The summed E-state index contributed by atoms with van der Waals surface area (Å²) in [5, 5.41) is 0. The summed E-state index contributed by atoms with van der Waals surface area (Å²) in [6.07, 6.45) is 1.29. The van der Waals surface area contributed by atoms with E-state index in [1.165, 1.54) is 0 Å². The summed E-state index contributed by atoms with van der Waals surface area (Å²) in [5.41, 5.74) is 5.72. The second-order valence-electron chi connectivity index (χ2n) is 6.17. The van der Waals surface area contributed by atoms with Crippen LogP contribution in [-0.4, -0.2) is 31.6 Å². The highest BCUT2D eigenvalue weighted by Crippen LogP contribution is 2.35. The molecule has 122 valence electrons. The molecule has 2 rings (SSSR count). The van der Waals surface area contributed by atoms with Gasteiger partial charge in [-0.3, -0.25) is 4.90 Å². The van der Waals surface area contributed by atoms with E-state index in [-0.39, 0.29) is 12.9 Å². The van der Waals surface area contributed by atoms with E-state index >= 15 is 0 Å². The van der Waals surface area contributed by atoms with Crippen LogP contribution in [0, 0.1) is 0 Å². The summed E-state index contributed by atoms with van der Waals surface area (Å²) in [6.45, 7) is 6.90. The Morgan fingerprint density at radius 2 is 2.00 bits per heavy atom.